The highest BCUT2D eigenvalue weighted by Crippen LogP contribution is 2.01. The molecule has 0 aromatic heterocycles. The van der Waals surface area contributed by atoms with Crippen LogP contribution in [-0.2, 0) is 16.1 Å². The van der Waals surface area contributed by atoms with Crippen LogP contribution in [0.3, 0.4) is 0 Å². The van der Waals surface area contributed by atoms with Crippen LogP contribution in [0.1, 0.15) is 5.56 Å². The van der Waals surface area contributed by atoms with Gasteiger partial charge >= 0.3 is 0 Å². The van der Waals surface area contributed by atoms with E-state index in [1.807, 2.05) is 30.3 Å². The Kier molecular flexibility index (Phi) is 6.70. The maximum atomic E-state index is 11.2. The van der Waals surface area contributed by atoms with Crippen LogP contribution < -0.4 is 11.2 Å². The molecule has 0 saturated heterocycles. The minimum Gasteiger partial charge on any atom is -0.320 e. The average Bonchev–Trinajstić information content (AvgIpc) is 2.19. The second kappa shape index (κ2) is 7.23. The van der Waals surface area contributed by atoms with Crippen LogP contribution in [-0.4, -0.2) is 19.1 Å². The van der Waals surface area contributed by atoms with Crippen LogP contribution in [0.5, 0.6) is 0 Å². The summed E-state index contributed by atoms with van der Waals surface area (Å²) in [7, 11) is 1.38. The monoisotopic (exact) mass is 230 g/mol. The lowest BCUT2D eigenvalue weighted by molar-refractivity contribution is -0.132. The summed E-state index contributed by atoms with van der Waals surface area (Å²) in [6, 6.07) is 9.04. The molecule has 1 aromatic rings. The van der Waals surface area contributed by atoms with Crippen molar-refractivity contribution in [2.24, 2.45) is 5.73 Å². The zero-order valence-electron chi connectivity index (χ0n) is 8.47. The van der Waals surface area contributed by atoms with Crippen LogP contribution in [0, 0.1) is 0 Å². The summed E-state index contributed by atoms with van der Waals surface area (Å²) < 4.78 is 0. The summed E-state index contributed by atoms with van der Waals surface area (Å²) in [6.45, 7) is 0. The molecule has 84 valence electrons. The number of carbonyl (C=O) groups is 1. The Morgan fingerprint density at radius 1 is 1.47 bits per heavy atom. The highest BCUT2D eigenvalue weighted by atomic mass is 35.5. The first-order valence-electron chi connectivity index (χ1n) is 4.36. The van der Waals surface area contributed by atoms with Crippen molar-refractivity contribution in [1.29, 1.82) is 0 Å². The topological polar surface area (TPSA) is 64.3 Å². The second-order valence-corrected chi connectivity index (χ2v) is 2.97. The lowest BCUT2D eigenvalue weighted by atomic mass is 10.1. The molecule has 0 unspecified atom stereocenters. The van der Waals surface area contributed by atoms with Gasteiger partial charge in [-0.15, -0.1) is 12.4 Å². The number of benzene rings is 1. The van der Waals surface area contributed by atoms with Gasteiger partial charge in [0.2, 0.25) is 0 Å². The van der Waals surface area contributed by atoms with E-state index in [1.165, 1.54) is 7.11 Å². The van der Waals surface area contributed by atoms with Crippen molar-refractivity contribution >= 4 is 18.3 Å². The Morgan fingerprint density at radius 3 is 2.60 bits per heavy atom. The number of rotatable bonds is 4. The van der Waals surface area contributed by atoms with E-state index in [4.69, 9.17) is 5.73 Å². The van der Waals surface area contributed by atoms with E-state index in [0.717, 1.165) is 5.56 Å². The van der Waals surface area contributed by atoms with Crippen molar-refractivity contribution in [2.45, 2.75) is 12.5 Å². The maximum absolute atomic E-state index is 11.2. The largest absolute Gasteiger partial charge is 0.320 e. The summed E-state index contributed by atoms with van der Waals surface area (Å²) >= 11 is 0. The predicted molar refractivity (Wildman–Crippen MR) is 60.5 cm³/mol. The number of halogens is 1. The molecule has 3 N–H and O–H groups in total. The van der Waals surface area contributed by atoms with Crippen molar-refractivity contribution in [3.63, 3.8) is 0 Å². The van der Waals surface area contributed by atoms with Gasteiger partial charge in [0.15, 0.2) is 0 Å². The minimum atomic E-state index is -0.572. The Balaban J connectivity index is 0.00000196. The van der Waals surface area contributed by atoms with Crippen LogP contribution in [0.4, 0.5) is 0 Å². The molecule has 5 heteroatoms. The number of amides is 1. The van der Waals surface area contributed by atoms with Crippen molar-refractivity contribution in [3.8, 4) is 0 Å². The summed E-state index contributed by atoms with van der Waals surface area (Å²) in [4.78, 5) is 15.7. The standard InChI is InChI=1S/C10H14N2O2.ClH/c1-14-12-10(13)9(11)7-8-5-3-2-4-6-8;/h2-6,9H,7,11H2,1H3,(H,12,13);1H/t9-;/m0./s1. The lowest BCUT2D eigenvalue weighted by Gasteiger charge is -2.10. The third-order valence-corrected chi connectivity index (χ3v) is 1.84. The molecular formula is C10H15ClN2O2. The van der Waals surface area contributed by atoms with Crippen LogP contribution in [0.25, 0.3) is 0 Å². The van der Waals surface area contributed by atoms with E-state index in [1.54, 1.807) is 0 Å². The minimum absolute atomic E-state index is 0. The Morgan fingerprint density at radius 2 is 2.07 bits per heavy atom. The van der Waals surface area contributed by atoms with E-state index < -0.39 is 6.04 Å². The molecule has 0 heterocycles. The SMILES string of the molecule is CONC(=O)[C@@H](N)Cc1ccccc1.Cl. The van der Waals surface area contributed by atoms with E-state index in [2.05, 4.69) is 10.3 Å². The van der Waals surface area contributed by atoms with E-state index in [9.17, 15) is 4.79 Å². The van der Waals surface area contributed by atoms with E-state index in [-0.39, 0.29) is 18.3 Å². The van der Waals surface area contributed by atoms with Gasteiger partial charge in [-0.2, -0.15) is 0 Å². The van der Waals surface area contributed by atoms with E-state index in [0.29, 0.717) is 6.42 Å². The molecule has 1 rings (SSSR count). The maximum Gasteiger partial charge on any atom is 0.260 e. The molecule has 0 radical (unpaired) electrons. The van der Waals surface area contributed by atoms with Crippen molar-refractivity contribution in [3.05, 3.63) is 35.9 Å². The summed E-state index contributed by atoms with van der Waals surface area (Å²) in [5.41, 5.74) is 8.88. The number of carbonyl (C=O) groups excluding carboxylic acids is 1. The van der Waals surface area contributed by atoms with Gasteiger partial charge in [-0.3, -0.25) is 9.63 Å². The van der Waals surface area contributed by atoms with Crippen LogP contribution in [0.15, 0.2) is 30.3 Å². The third kappa shape index (κ3) is 4.78. The Bertz CT molecular complexity index is 293. The number of hydrogen-bond acceptors (Lipinski definition) is 3. The van der Waals surface area contributed by atoms with Gasteiger partial charge in [-0.05, 0) is 12.0 Å². The van der Waals surface area contributed by atoms with E-state index >= 15 is 0 Å². The first-order chi connectivity index (χ1) is 6.74. The average molecular weight is 231 g/mol. The van der Waals surface area contributed by atoms with Gasteiger partial charge in [0.1, 0.15) is 0 Å². The molecule has 1 aromatic carbocycles. The number of nitrogens with two attached hydrogens (primary N) is 1. The fraction of sp³-hybridized carbons (Fsp3) is 0.300. The summed E-state index contributed by atoms with van der Waals surface area (Å²) in [5.74, 6) is -0.309. The number of nitrogens with one attached hydrogen (secondary N) is 1. The second-order valence-electron chi connectivity index (χ2n) is 2.97. The summed E-state index contributed by atoms with van der Waals surface area (Å²) in [5, 5.41) is 0. The molecular weight excluding hydrogens is 216 g/mol. The zero-order chi connectivity index (χ0) is 10.4. The fourth-order valence-electron chi connectivity index (χ4n) is 1.14. The van der Waals surface area contributed by atoms with Gasteiger partial charge in [0.25, 0.3) is 5.91 Å². The van der Waals surface area contributed by atoms with Gasteiger partial charge in [0, 0.05) is 0 Å². The lowest BCUT2D eigenvalue weighted by Crippen LogP contribution is -2.41. The molecule has 4 nitrogen and oxygen atoms in total. The van der Waals surface area contributed by atoms with Crippen LogP contribution in [0.2, 0.25) is 0 Å². The van der Waals surface area contributed by atoms with Gasteiger partial charge in [-0.1, -0.05) is 30.3 Å². The first-order valence-corrected chi connectivity index (χ1v) is 4.36. The highest BCUT2D eigenvalue weighted by Gasteiger charge is 2.12. The molecule has 0 bridgehead atoms. The number of hydrogen-bond donors (Lipinski definition) is 2. The zero-order valence-corrected chi connectivity index (χ0v) is 9.29. The Hall–Kier alpha value is -1.10. The molecule has 0 aliphatic carbocycles. The molecule has 0 aliphatic rings. The van der Waals surface area contributed by atoms with Crippen molar-refractivity contribution in [2.75, 3.05) is 7.11 Å². The highest BCUT2D eigenvalue weighted by molar-refractivity contribution is 5.85. The molecule has 1 atom stereocenters. The quantitative estimate of drug-likeness (QED) is 0.747. The molecule has 0 aliphatic heterocycles. The normalized spacial score (nSPS) is 11.3. The molecule has 1 amide bonds. The summed E-state index contributed by atoms with van der Waals surface area (Å²) in [6.07, 6.45) is 0.510. The van der Waals surface area contributed by atoms with Crippen molar-refractivity contribution < 1.29 is 9.63 Å². The fourth-order valence-corrected chi connectivity index (χ4v) is 1.14. The van der Waals surface area contributed by atoms with Crippen LogP contribution >= 0.6 is 12.4 Å². The van der Waals surface area contributed by atoms with Gasteiger partial charge in [0.05, 0.1) is 13.2 Å². The third-order valence-electron chi connectivity index (χ3n) is 1.84. The van der Waals surface area contributed by atoms with Gasteiger partial charge in [-0.25, -0.2) is 5.48 Å². The number of hydroxylamine groups is 1. The molecule has 0 spiro atoms. The first kappa shape index (κ1) is 13.9. The molecule has 0 saturated carbocycles. The smallest absolute Gasteiger partial charge is 0.260 e. The molecule has 0 fully saturated rings. The predicted octanol–water partition coefficient (Wildman–Crippen LogP) is 0.656. The van der Waals surface area contributed by atoms with Crippen molar-refractivity contribution in [1.82, 2.24) is 5.48 Å². The molecule has 15 heavy (non-hydrogen) atoms. The van der Waals surface area contributed by atoms with Gasteiger partial charge < -0.3 is 5.73 Å². The Labute approximate surface area is 95.2 Å².